The van der Waals surface area contributed by atoms with Crippen LogP contribution in [0.2, 0.25) is 0 Å². The first-order valence-electron chi connectivity index (χ1n) is 8.19. The summed E-state index contributed by atoms with van der Waals surface area (Å²) in [6.45, 7) is 4.58. The highest BCUT2D eigenvalue weighted by Gasteiger charge is 2.38. The van der Waals surface area contributed by atoms with Crippen molar-refractivity contribution in [2.45, 2.75) is 13.0 Å². The van der Waals surface area contributed by atoms with E-state index >= 15 is 0 Å². The molecule has 1 N–H and O–H groups in total. The Kier molecular flexibility index (Phi) is 5.12. The molecule has 0 spiro atoms. The van der Waals surface area contributed by atoms with Gasteiger partial charge in [0, 0.05) is 32.7 Å². The summed E-state index contributed by atoms with van der Waals surface area (Å²) in [6.07, 6.45) is 0.650. The predicted octanol–water partition coefficient (Wildman–Crippen LogP) is 1.08. The van der Waals surface area contributed by atoms with Gasteiger partial charge in [-0.2, -0.15) is 0 Å². The Morgan fingerprint density at radius 3 is 2.65 bits per heavy atom. The van der Waals surface area contributed by atoms with Crippen molar-refractivity contribution < 1.29 is 14.3 Å². The van der Waals surface area contributed by atoms with Crippen LogP contribution in [0.1, 0.15) is 12.0 Å². The molecule has 0 saturated carbocycles. The molecule has 2 aliphatic heterocycles. The summed E-state index contributed by atoms with van der Waals surface area (Å²) in [7, 11) is 0. The van der Waals surface area contributed by atoms with Gasteiger partial charge in [0.1, 0.15) is 6.61 Å². The van der Waals surface area contributed by atoms with Gasteiger partial charge in [-0.15, -0.1) is 0 Å². The Hall–Kier alpha value is -2.08. The first kappa shape index (κ1) is 15.8. The van der Waals surface area contributed by atoms with Crippen LogP contribution in [0, 0.1) is 5.92 Å². The molecule has 23 heavy (non-hydrogen) atoms. The SMILES string of the molecule is O=C(OCc1ccccc1)N1CC(C(=O)N2CCCNCC2)C1. The average Bonchev–Trinajstić information content (AvgIpc) is 2.81. The van der Waals surface area contributed by atoms with E-state index in [4.69, 9.17) is 4.74 Å². The molecule has 0 aromatic heterocycles. The van der Waals surface area contributed by atoms with Crippen molar-refractivity contribution in [1.82, 2.24) is 15.1 Å². The molecule has 0 bridgehead atoms. The summed E-state index contributed by atoms with van der Waals surface area (Å²) in [6, 6.07) is 9.59. The number of nitrogens with one attached hydrogen (secondary N) is 1. The van der Waals surface area contributed by atoms with E-state index in [0.717, 1.165) is 38.2 Å². The number of carbonyl (C=O) groups is 2. The Morgan fingerprint density at radius 2 is 1.87 bits per heavy atom. The molecule has 2 amide bonds. The second-order valence-corrected chi connectivity index (χ2v) is 6.07. The molecule has 0 unspecified atom stereocenters. The van der Waals surface area contributed by atoms with Gasteiger partial charge in [0.05, 0.1) is 5.92 Å². The number of likely N-dealkylation sites (tertiary alicyclic amines) is 1. The van der Waals surface area contributed by atoms with Gasteiger partial charge in [-0.3, -0.25) is 4.79 Å². The first-order chi connectivity index (χ1) is 11.2. The maximum absolute atomic E-state index is 12.4. The smallest absolute Gasteiger partial charge is 0.410 e. The number of carbonyl (C=O) groups excluding carboxylic acids is 2. The van der Waals surface area contributed by atoms with E-state index in [1.165, 1.54) is 0 Å². The maximum atomic E-state index is 12.4. The predicted molar refractivity (Wildman–Crippen MR) is 85.8 cm³/mol. The van der Waals surface area contributed by atoms with Crippen LogP contribution >= 0.6 is 0 Å². The summed E-state index contributed by atoms with van der Waals surface area (Å²) in [5.41, 5.74) is 0.964. The van der Waals surface area contributed by atoms with Crippen molar-refractivity contribution in [1.29, 1.82) is 0 Å². The van der Waals surface area contributed by atoms with Gasteiger partial charge in [0.2, 0.25) is 5.91 Å². The van der Waals surface area contributed by atoms with Crippen molar-refractivity contribution in [3.8, 4) is 0 Å². The topological polar surface area (TPSA) is 61.9 Å². The third-order valence-corrected chi connectivity index (χ3v) is 4.35. The number of hydrogen-bond donors (Lipinski definition) is 1. The fourth-order valence-electron chi connectivity index (χ4n) is 2.92. The Morgan fingerprint density at radius 1 is 1.09 bits per heavy atom. The number of benzene rings is 1. The molecular formula is C17H23N3O3. The standard InChI is InChI=1S/C17H23N3O3/c21-16(19-9-4-7-18-8-10-19)15-11-20(12-15)17(22)23-13-14-5-2-1-3-6-14/h1-3,5-6,15,18H,4,7-13H2. The van der Waals surface area contributed by atoms with Crippen LogP contribution in [-0.2, 0) is 16.1 Å². The second kappa shape index (κ2) is 7.46. The molecule has 3 rings (SSSR count). The Bertz CT molecular complexity index is 535. The minimum atomic E-state index is -0.338. The van der Waals surface area contributed by atoms with Crippen molar-refractivity contribution in [3.63, 3.8) is 0 Å². The zero-order valence-corrected chi connectivity index (χ0v) is 13.2. The monoisotopic (exact) mass is 317 g/mol. The number of ether oxygens (including phenoxy) is 1. The van der Waals surface area contributed by atoms with Crippen LogP contribution in [0.5, 0.6) is 0 Å². The van der Waals surface area contributed by atoms with Crippen LogP contribution in [0.4, 0.5) is 4.79 Å². The largest absolute Gasteiger partial charge is 0.445 e. The fourth-order valence-corrected chi connectivity index (χ4v) is 2.92. The van der Waals surface area contributed by atoms with Gasteiger partial charge in [0.15, 0.2) is 0 Å². The van der Waals surface area contributed by atoms with Crippen molar-refractivity contribution >= 4 is 12.0 Å². The molecule has 1 aromatic carbocycles. The molecule has 0 atom stereocenters. The third kappa shape index (κ3) is 4.01. The molecule has 2 fully saturated rings. The second-order valence-electron chi connectivity index (χ2n) is 6.07. The van der Waals surface area contributed by atoms with E-state index in [1.807, 2.05) is 35.2 Å². The lowest BCUT2D eigenvalue weighted by Crippen LogP contribution is -2.56. The normalized spacial score (nSPS) is 19.0. The molecule has 1 aromatic rings. The molecule has 124 valence electrons. The molecule has 2 aliphatic rings. The Labute approximate surface area is 136 Å². The fraction of sp³-hybridized carbons (Fsp3) is 0.529. The lowest BCUT2D eigenvalue weighted by Gasteiger charge is -2.39. The van der Waals surface area contributed by atoms with E-state index in [-0.39, 0.29) is 24.5 Å². The van der Waals surface area contributed by atoms with E-state index in [9.17, 15) is 9.59 Å². The summed E-state index contributed by atoms with van der Waals surface area (Å²) in [4.78, 5) is 27.9. The number of nitrogens with zero attached hydrogens (tertiary/aromatic N) is 2. The molecular weight excluding hydrogens is 294 g/mol. The van der Waals surface area contributed by atoms with Crippen molar-refractivity contribution in [2.75, 3.05) is 39.3 Å². The number of amides is 2. The molecule has 2 heterocycles. The highest BCUT2D eigenvalue weighted by Crippen LogP contribution is 2.20. The Balaban J connectivity index is 1.41. The first-order valence-corrected chi connectivity index (χ1v) is 8.19. The van der Waals surface area contributed by atoms with Gasteiger partial charge >= 0.3 is 6.09 Å². The highest BCUT2D eigenvalue weighted by molar-refractivity contribution is 5.82. The van der Waals surface area contributed by atoms with Gasteiger partial charge in [-0.1, -0.05) is 30.3 Å². The van der Waals surface area contributed by atoms with Crippen LogP contribution < -0.4 is 5.32 Å². The van der Waals surface area contributed by atoms with Crippen LogP contribution in [0.25, 0.3) is 0 Å². The van der Waals surface area contributed by atoms with Gasteiger partial charge in [-0.25, -0.2) is 4.79 Å². The van der Waals surface area contributed by atoms with E-state index < -0.39 is 0 Å². The number of rotatable bonds is 3. The van der Waals surface area contributed by atoms with Gasteiger partial charge in [0.25, 0.3) is 0 Å². The summed E-state index contributed by atoms with van der Waals surface area (Å²) >= 11 is 0. The van der Waals surface area contributed by atoms with Crippen LogP contribution in [-0.4, -0.2) is 61.1 Å². The van der Waals surface area contributed by atoms with Gasteiger partial charge < -0.3 is 19.9 Å². The lowest BCUT2D eigenvalue weighted by atomic mass is 9.99. The lowest BCUT2D eigenvalue weighted by molar-refractivity contribution is -0.140. The summed E-state index contributed by atoms with van der Waals surface area (Å²) in [5, 5.41) is 3.29. The number of hydrogen-bond acceptors (Lipinski definition) is 4. The molecule has 0 aliphatic carbocycles. The molecule has 6 heteroatoms. The summed E-state index contributed by atoms with van der Waals surface area (Å²) < 4.78 is 5.28. The van der Waals surface area contributed by atoms with Crippen molar-refractivity contribution in [3.05, 3.63) is 35.9 Å². The maximum Gasteiger partial charge on any atom is 0.410 e. The minimum Gasteiger partial charge on any atom is -0.445 e. The molecule has 6 nitrogen and oxygen atoms in total. The zero-order chi connectivity index (χ0) is 16.1. The molecule has 2 saturated heterocycles. The minimum absolute atomic E-state index is 0.0719. The third-order valence-electron chi connectivity index (χ3n) is 4.35. The van der Waals surface area contributed by atoms with Crippen molar-refractivity contribution in [2.24, 2.45) is 5.92 Å². The van der Waals surface area contributed by atoms with Crippen LogP contribution in [0.15, 0.2) is 30.3 Å². The van der Waals surface area contributed by atoms with E-state index in [1.54, 1.807) is 4.90 Å². The van der Waals surface area contributed by atoms with Crippen LogP contribution in [0.3, 0.4) is 0 Å². The quantitative estimate of drug-likeness (QED) is 0.906. The summed E-state index contributed by atoms with van der Waals surface area (Å²) in [5.74, 6) is 0.0955. The zero-order valence-electron chi connectivity index (χ0n) is 13.2. The highest BCUT2D eigenvalue weighted by atomic mass is 16.6. The van der Waals surface area contributed by atoms with E-state index in [0.29, 0.717) is 13.1 Å². The molecule has 0 radical (unpaired) electrons. The van der Waals surface area contributed by atoms with E-state index in [2.05, 4.69) is 5.32 Å². The van der Waals surface area contributed by atoms with Gasteiger partial charge in [-0.05, 0) is 18.5 Å². The average molecular weight is 317 g/mol.